The maximum absolute atomic E-state index is 8.55. The molecule has 0 aromatic heterocycles. The fourth-order valence-corrected chi connectivity index (χ4v) is 1.94. The molecule has 0 aliphatic rings. The molecule has 0 N–H and O–H groups in total. The van der Waals surface area contributed by atoms with Crippen molar-refractivity contribution in [2.45, 2.75) is 0 Å². The summed E-state index contributed by atoms with van der Waals surface area (Å²) in [6.07, 6.45) is 3.06. The van der Waals surface area contributed by atoms with Crippen molar-refractivity contribution < 1.29 is 9.47 Å². The number of hydrogen-bond acceptors (Lipinski definition) is 3. The summed E-state index contributed by atoms with van der Waals surface area (Å²) in [4.78, 5) is 0. The molecule has 0 fully saturated rings. The minimum absolute atomic E-state index is 0.537. The van der Waals surface area contributed by atoms with E-state index in [1.54, 1.807) is 31.4 Å². The number of halogens is 1. The first kappa shape index (κ1) is 14.0. The minimum Gasteiger partial charge on any atom is -0.493 e. The van der Waals surface area contributed by atoms with Crippen LogP contribution in [0, 0.1) is 11.3 Å². The lowest BCUT2D eigenvalue weighted by Gasteiger charge is -2.10. The molecule has 0 spiro atoms. The molecule has 2 aromatic rings. The van der Waals surface area contributed by atoms with Crippen LogP contribution in [-0.4, -0.2) is 7.11 Å². The van der Waals surface area contributed by atoms with Gasteiger partial charge < -0.3 is 9.47 Å². The zero-order chi connectivity index (χ0) is 14.4. The lowest BCUT2D eigenvalue weighted by Crippen LogP contribution is -1.90. The van der Waals surface area contributed by atoms with E-state index in [9.17, 15) is 0 Å². The van der Waals surface area contributed by atoms with Gasteiger partial charge in [0.25, 0.3) is 0 Å². The fourth-order valence-electron chi connectivity index (χ4n) is 1.70. The zero-order valence-corrected chi connectivity index (χ0v) is 11.6. The predicted molar refractivity (Wildman–Crippen MR) is 79.2 cm³/mol. The van der Waals surface area contributed by atoms with Crippen LogP contribution in [0.25, 0.3) is 6.08 Å². The standard InChI is InChI=1S/C16H12ClNO2/c1-19-15-6-2-3-7-16(15)20-14-10-12(5-4-8-18)9-13(17)11-14/h2-7,9-11H,1H3. The van der Waals surface area contributed by atoms with E-state index in [1.807, 2.05) is 30.3 Å². The van der Waals surface area contributed by atoms with Crippen LogP contribution in [0.4, 0.5) is 0 Å². The topological polar surface area (TPSA) is 42.2 Å². The third kappa shape index (κ3) is 3.53. The van der Waals surface area contributed by atoms with Gasteiger partial charge in [-0.05, 0) is 42.0 Å². The summed E-state index contributed by atoms with van der Waals surface area (Å²) >= 11 is 6.04. The summed E-state index contributed by atoms with van der Waals surface area (Å²) in [5.74, 6) is 1.83. The van der Waals surface area contributed by atoms with Crippen molar-refractivity contribution in [3.8, 4) is 23.3 Å². The van der Waals surface area contributed by atoms with Crippen LogP contribution in [0.3, 0.4) is 0 Å². The van der Waals surface area contributed by atoms with Crippen molar-refractivity contribution in [2.24, 2.45) is 0 Å². The Kier molecular flexibility index (Phi) is 4.65. The molecule has 20 heavy (non-hydrogen) atoms. The van der Waals surface area contributed by atoms with E-state index in [4.69, 9.17) is 26.3 Å². The Balaban J connectivity index is 2.31. The van der Waals surface area contributed by atoms with Crippen LogP contribution in [0.2, 0.25) is 5.02 Å². The number of methoxy groups -OCH3 is 1. The molecule has 0 heterocycles. The Bertz CT molecular complexity index is 674. The first-order valence-corrected chi connectivity index (χ1v) is 6.28. The smallest absolute Gasteiger partial charge is 0.169 e. The summed E-state index contributed by atoms with van der Waals surface area (Å²) < 4.78 is 11.0. The number of rotatable bonds is 4. The summed E-state index contributed by atoms with van der Waals surface area (Å²) in [5, 5.41) is 9.09. The molecule has 0 radical (unpaired) electrons. The van der Waals surface area contributed by atoms with Crippen molar-refractivity contribution in [1.82, 2.24) is 0 Å². The van der Waals surface area contributed by atoms with E-state index in [0.717, 1.165) is 5.56 Å². The molecular weight excluding hydrogens is 274 g/mol. The van der Waals surface area contributed by atoms with Gasteiger partial charge in [-0.3, -0.25) is 0 Å². The number of nitriles is 1. The lowest BCUT2D eigenvalue weighted by molar-refractivity contribution is 0.379. The lowest BCUT2D eigenvalue weighted by atomic mass is 10.2. The summed E-state index contributed by atoms with van der Waals surface area (Å²) in [7, 11) is 1.58. The highest BCUT2D eigenvalue weighted by molar-refractivity contribution is 6.30. The van der Waals surface area contributed by atoms with Gasteiger partial charge in [-0.1, -0.05) is 23.7 Å². The number of benzene rings is 2. The Hall–Kier alpha value is -2.44. The van der Waals surface area contributed by atoms with Gasteiger partial charge in [0.1, 0.15) is 5.75 Å². The largest absolute Gasteiger partial charge is 0.493 e. The van der Waals surface area contributed by atoms with Crippen molar-refractivity contribution in [3.05, 3.63) is 59.1 Å². The van der Waals surface area contributed by atoms with Gasteiger partial charge in [-0.25, -0.2) is 0 Å². The van der Waals surface area contributed by atoms with Crippen molar-refractivity contribution >= 4 is 17.7 Å². The molecule has 0 saturated heterocycles. The number of nitrogens with zero attached hydrogens (tertiary/aromatic N) is 1. The Morgan fingerprint density at radius 2 is 1.90 bits per heavy atom. The zero-order valence-electron chi connectivity index (χ0n) is 10.8. The van der Waals surface area contributed by atoms with Gasteiger partial charge >= 0.3 is 0 Å². The molecule has 0 amide bonds. The van der Waals surface area contributed by atoms with Crippen LogP contribution in [0.5, 0.6) is 17.2 Å². The highest BCUT2D eigenvalue weighted by Crippen LogP contribution is 2.32. The maximum Gasteiger partial charge on any atom is 0.169 e. The summed E-state index contributed by atoms with van der Waals surface area (Å²) in [6.45, 7) is 0. The van der Waals surface area contributed by atoms with Gasteiger partial charge in [0, 0.05) is 11.1 Å². The van der Waals surface area contributed by atoms with E-state index >= 15 is 0 Å². The summed E-state index contributed by atoms with van der Waals surface area (Å²) in [6, 6.07) is 14.5. The molecule has 0 bridgehead atoms. The molecule has 0 aliphatic carbocycles. The van der Waals surface area contributed by atoms with E-state index in [0.29, 0.717) is 22.3 Å². The minimum atomic E-state index is 0.537. The average molecular weight is 286 g/mol. The molecule has 3 nitrogen and oxygen atoms in total. The molecule has 0 saturated carbocycles. The predicted octanol–water partition coefficient (Wildman–Crippen LogP) is 4.68. The first-order chi connectivity index (χ1) is 9.72. The van der Waals surface area contributed by atoms with Crippen LogP contribution in [0.15, 0.2) is 48.5 Å². The molecule has 0 atom stereocenters. The monoisotopic (exact) mass is 285 g/mol. The second kappa shape index (κ2) is 6.65. The molecule has 4 heteroatoms. The molecule has 2 rings (SSSR count). The fraction of sp³-hybridized carbons (Fsp3) is 0.0625. The van der Waals surface area contributed by atoms with E-state index in [1.165, 1.54) is 6.08 Å². The van der Waals surface area contributed by atoms with Crippen molar-refractivity contribution in [3.63, 3.8) is 0 Å². The second-order valence-corrected chi connectivity index (χ2v) is 4.37. The quantitative estimate of drug-likeness (QED) is 0.766. The molecule has 0 unspecified atom stereocenters. The molecule has 2 aromatic carbocycles. The molecular formula is C16H12ClNO2. The van der Waals surface area contributed by atoms with Crippen molar-refractivity contribution in [1.29, 1.82) is 5.26 Å². The van der Waals surface area contributed by atoms with E-state index < -0.39 is 0 Å². The number of allylic oxidation sites excluding steroid dienone is 1. The average Bonchev–Trinajstić information content (AvgIpc) is 2.45. The van der Waals surface area contributed by atoms with Gasteiger partial charge in [0.15, 0.2) is 11.5 Å². The molecule has 100 valence electrons. The van der Waals surface area contributed by atoms with Crippen LogP contribution in [-0.2, 0) is 0 Å². The van der Waals surface area contributed by atoms with Crippen LogP contribution in [0.1, 0.15) is 5.56 Å². The third-order valence-electron chi connectivity index (χ3n) is 2.54. The van der Waals surface area contributed by atoms with Crippen LogP contribution >= 0.6 is 11.6 Å². The number of ether oxygens (including phenoxy) is 2. The van der Waals surface area contributed by atoms with Gasteiger partial charge in [0.2, 0.25) is 0 Å². The Labute approximate surface area is 122 Å². The normalized spacial score (nSPS) is 10.2. The van der Waals surface area contributed by atoms with E-state index in [2.05, 4.69) is 0 Å². The Morgan fingerprint density at radius 1 is 1.15 bits per heavy atom. The van der Waals surface area contributed by atoms with Crippen LogP contribution < -0.4 is 9.47 Å². The number of para-hydroxylation sites is 2. The second-order valence-electron chi connectivity index (χ2n) is 3.94. The third-order valence-corrected chi connectivity index (χ3v) is 2.76. The summed E-state index contributed by atoms with van der Waals surface area (Å²) in [5.41, 5.74) is 0.795. The number of hydrogen-bond donors (Lipinski definition) is 0. The van der Waals surface area contributed by atoms with Crippen molar-refractivity contribution in [2.75, 3.05) is 7.11 Å². The van der Waals surface area contributed by atoms with E-state index in [-0.39, 0.29) is 0 Å². The highest BCUT2D eigenvalue weighted by Gasteiger charge is 2.05. The van der Waals surface area contributed by atoms with Gasteiger partial charge in [-0.2, -0.15) is 5.26 Å². The Morgan fingerprint density at radius 3 is 2.60 bits per heavy atom. The maximum atomic E-state index is 8.55. The first-order valence-electron chi connectivity index (χ1n) is 5.90. The van der Waals surface area contributed by atoms with Gasteiger partial charge in [0.05, 0.1) is 13.2 Å². The SMILES string of the molecule is COc1ccccc1Oc1cc(Cl)cc(C=CC#N)c1. The highest BCUT2D eigenvalue weighted by atomic mass is 35.5. The molecule has 0 aliphatic heterocycles. The van der Waals surface area contributed by atoms with Gasteiger partial charge in [-0.15, -0.1) is 0 Å².